The second-order valence-electron chi connectivity index (χ2n) is 2.57. The average molecular weight is 179 g/mol. The van der Waals surface area contributed by atoms with Gasteiger partial charge in [0.05, 0.1) is 4.23 Å². The van der Waals surface area contributed by atoms with Gasteiger partial charge in [-0.15, -0.1) is 23.2 Å². The van der Waals surface area contributed by atoms with Crippen molar-refractivity contribution in [1.29, 1.82) is 0 Å². The topological polar surface area (TPSA) is 0 Å². The van der Waals surface area contributed by atoms with Gasteiger partial charge in [-0.3, -0.25) is 0 Å². The molecule has 0 aliphatic heterocycles. The Bertz CT molecular complexity index is 78.2. The van der Waals surface area contributed by atoms with E-state index in [2.05, 4.69) is 6.92 Å². The molecule has 0 aromatic carbocycles. The van der Waals surface area contributed by atoms with Crippen LogP contribution in [-0.2, 0) is 0 Å². The zero-order valence-electron chi connectivity index (χ0n) is 6.37. The molecule has 0 bridgehead atoms. The SMILES string of the molecule is [B]C(Cl)(Cl)CCCCCC. The number of hydrogen-bond acceptors (Lipinski definition) is 0. The molecule has 0 amide bonds. The predicted molar refractivity (Wildman–Crippen MR) is 49.0 cm³/mol. The summed E-state index contributed by atoms with van der Waals surface area (Å²) >= 11 is 11.1. The second kappa shape index (κ2) is 5.32. The summed E-state index contributed by atoms with van der Waals surface area (Å²) in [6.45, 7) is 2.16. The molecule has 0 aliphatic rings. The van der Waals surface area contributed by atoms with Gasteiger partial charge in [0.2, 0.25) is 0 Å². The normalized spacial score (nSPS) is 11.9. The number of rotatable bonds is 5. The molecule has 10 heavy (non-hydrogen) atoms. The minimum Gasteiger partial charge on any atom is -0.113 e. The Morgan fingerprint density at radius 3 is 2.20 bits per heavy atom. The lowest BCUT2D eigenvalue weighted by atomic mass is 9.97. The molecule has 0 rings (SSSR count). The fraction of sp³-hybridized carbons (Fsp3) is 1.00. The molecule has 58 valence electrons. The van der Waals surface area contributed by atoms with Crippen molar-refractivity contribution in [3.63, 3.8) is 0 Å². The Morgan fingerprint density at radius 1 is 1.20 bits per heavy atom. The van der Waals surface area contributed by atoms with Crippen molar-refractivity contribution in [3.8, 4) is 0 Å². The first kappa shape index (κ1) is 10.6. The van der Waals surface area contributed by atoms with Crippen molar-refractivity contribution in [2.24, 2.45) is 0 Å². The van der Waals surface area contributed by atoms with Crippen molar-refractivity contribution < 1.29 is 0 Å². The summed E-state index contributed by atoms with van der Waals surface area (Å²) in [6, 6.07) is 0. The summed E-state index contributed by atoms with van der Waals surface area (Å²) in [5.74, 6) is 0. The monoisotopic (exact) mass is 178 g/mol. The van der Waals surface area contributed by atoms with E-state index in [-0.39, 0.29) is 0 Å². The van der Waals surface area contributed by atoms with Crippen LogP contribution in [0.4, 0.5) is 0 Å². The first-order valence-corrected chi connectivity index (χ1v) is 4.48. The molecule has 0 saturated heterocycles. The second-order valence-corrected chi connectivity index (χ2v) is 4.11. The highest BCUT2D eigenvalue weighted by molar-refractivity contribution is 6.65. The molecule has 0 aromatic rings. The Balaban J connectivity index is 3.04. The van der Waals surface area contributed by atoms with E-state index in [0.717, 1.165) is 6.42 Å². The number of halogens is 2. The maximum absolute atomic E-state index is 5.56. The van der Waals surface area contributed by atoms with Crippen molar-refractivity contribution in [2.75, 3.05) is 0 Å². The van der Waals surface area contributed by atoms with Gasteiger partial charge < -0.3 is 0 Å². The molecule has 0 atom stereocenters. The van der Waals surface area contributed by atoms with Gasteiger partial charge in [0.1, 0.15) is 7.85 Å². The summed E-state index contributed by atoms with van der Waals surface area (Å²) in [5, 5.41) is 0. The molecule has 2 radical (unpaired) electrons. The lowest BCUT2D eigenvalue weighted by Crippen LogP contribution is -2.11. The average Bonchev–Trinajstić information content (AvgIpc) is 1.78. The van der Waals surface area contributed by atoms with Crippen molar-refractivity contribution in [3.05, 3.63) is 0 Å². The summed E-state index contributed by atoms with van der Waals surface area (Å²) in [4.78, 5) is 0. The standard InChI is InChI=1S/C7H13BCl2/c1-2-3-4-5-6-7(8,9)10/h2-6H2,1H3. The molecule has 0 unspecified atom stereocenters. The van der Waals surface area contributed by atoms with E-state index in [9.17, 15) is 0 Å². The summed E-state index contributed by atoms with van der Waals surface area (Å²) in [6.07, 6.45) is 5.36. The van der Waals surface area contributed by atoms with E-state index >= 15 is 0 Å². The lowest BCUT2D eigenvalue weighted by molar-refractivity contribution is 0.639. The molecular formula is C7H13BCl2. The van der Waals surface area contributed by atoms with Crippen LogP contribution in [0.3, 0.4) is 0 Å². The number of alkyl halides is 2. The zero-order chi connectivity index (χ0) is 8.04. The van der Waals surface area contributed by atoms with Crippen LogP contribution in [0.25, 0.3) is 0 Å². The van der Waals surface area contributed by atoms with Gasteiger partial charge in [-0.2, -0.15) is 0 Å². The third-order valence-corrected chi connectivity index (χ3v) is 1.74. The molecule has 3 heteroatoms. The van der Waals surface area contributed by atoms with Crippen LogP contribution in [0.2, 0.25) is 0 Å². The highest BCUT2D eigenvalue weighted by atomic mass is 35.5. The maximum atomic E-state index is 5.56. The lowest BCUT2D eigenvalue weighted by Gasteiger charge is -2.12. The smallest absolute Gasteiger partial charge is 0.113 e. The molecule has 0 fully saturated rings. The molecule has 0 nitrogen and oxygen atoms in total. The van der Waals surface area contributed by atoms with E-state index in [0.29, 0.717) is 6.42 Å². The van der Waals surface area contributed by atoms with Gasteiger partial charge in [-0.05, 0) is 6.42 Å². The maximum Gasteiger partial charge on any atom is 0.119 e. The van der Waals surface area contributed by atoms with Gasteiger partial charge in [-0.1, -0.05) is 32.6 Å². The minimum absolute atomic E-state index is 0.691. The first-order valence-electron chi connectivity index (χ1n) is 3.73. The fourth-order valence-electron chi connectivity index (χ4n) is 0.787. The molecule has 0 aromatic heterocycles. The van der Waals surface area contributed by atoms with Crippen LogP contribution >= 0.6 is 23.2 Å². The van der Waals surface area contributed by atoms with Crippen LogP contribution in [0, 0.1) is 0 Å². The van der Waals surface area contributed by atoms with Gasteiger partial charge >= 0.3 is 0 Å². The largest absolute Gasteiger partial charge is 0.119 e. The predicted octanol–water partition coefficient (Wildman–Crippen LogP) is 3.26. The van der Waals surface area contributed by atoms with Crippen molar-refractivity contribution in [1.82, 2.24) is 0 Å². The Kier molecular flexibility index (Phi) is 5.66. The van der Waals surface area contributed by atoms with Gasteiger partial charge in [0, 0.05) is 0 Å². The molecular weight excluding hydrogens is 166 g/mol. The van der Waals surface area contributed by atoms with Crippen LogP contribution in [0.5, 0.6) is 0 Å². The number of hydrogen-bond donors (Lipinski definition) is 0. The Labute approximate surface area is 74.7 Å². The van der Waals surface area contributed by atoms with Crippen LogP contribution < -0.4 is 0 Å². The van der Waals surface area contributed by atoms with Crippen LogP contribution in [0.15, 0.2) is 0 Å². The van der Waals surface area contributed by atoms with E-state index in [4.69, 9.17) is 31.0 Å². The van der Waals surface area contributed by atoms with Crippen molar-refractivity contribution in [2.45, 2.75) is 43.3 Å². The van der Waals surface area contributed by atoms with E-state index < -0.39 is 4.23 Å². The summed E-state index contributed by atoms with van der Waals surface area (Å²) in [7, 11) is 5.35. The first-order chi connectivity index (χ1) is 4.56. The van der Waals surface area contributed by atoms with Crippen LogP contribution in [0.1, 0.15) is 39.0 Å². The van der Waals surface area contributed by atoms with E-state index in [1.807, 2.05) is 0 Å². The molecule has 0 aliphatic carbocycles. The van der Waals surface area contributed by atoms with E-state index in [1.54, 1.807) is 0 Å². The number of unbranched alkanes of at least 4 members (excludes halogenated alkanes) is 3. The Morgan fingerprint density at radius 2 is 1.80 bits per heavy atom. The highest BCUT2D eigenvalue weighted by Crippen LogP contribution is 2.23. The summed E-state index contributed by atoms with van der Waals surface area (Å²) < 4.78 is -1.01. The molecule has 0 saturated carbocycles. The highest BCUT2D eigenvalue weighted by Gasteiger charge is 2.13. The third kappa shape index (κ3) is 8.64. The fourth-order valence-corrected chi connectivity index (χ4v) is 1.05. The van der Waals surface area contributed by atoms with Gasteiger partial charge in [-0.25, -0.2) is 0 Å². The van der Waals surface area contributed by atoms with Gasteiger partial charge in [0.25, 0.3) is 0 Å². The van der Waals surface area contributed by atoms with E-state index in [1.165, 1.54) is 19.3 Å². The quantitative estimate of drug-likeness (QED) is 0.345. The molecule has 0 heterocycles. The van der Waals surface area contributed by atoms with Crippen molar-refractivity contribution >= 4 is 31.0 Å². The van der Waals surface area contributed by atoms with Crippen LogP contribution in [-0.4, -0.2) is 12.1 Å². The summed E-state index contributed by atoms with van der Waals surface area (Å²) in [5.41, 5.74) is 0. The molecule has 0 spiro atoms. The third-order valence-electron chi connectivity index (χ3n) is 1.36. The molecule has 0 N–H and O–H groups in total. The Hall–Kier alpha value is 0.645. The zero-order valence-corrected chi connectivity index (χ0v) is 7.88. The van der Waals surface area contributed by atoms with Gasteiger partial charge in [0.15, 0.2) is 0 Å². The minimum atomic E-state index is -1.01.